The molecule has 6 nitrogen and oxygen atoms in total. The van der Waals surface area contributed by atoms with Crippen LogP contribution in [0, 0.1) is 4.77 Å². The van der Waals surface area contributed by atoms with Crippen molar-refractivity contribution in [2.45, 2.75) is 32.3 Å². The first kappa shape index (κ1) is 17.3. The van der Waals surface area contributed by atoms with Gasteiger partial charge in [0.15, 0.2) is 5.82 Å². The third kappa shape index (κ3) is 3.93. The van der Waals surface area contributed by atoms with E-state index < -0.39 is 0 Å². The molecular weight excluding hydrogens is 392 g/mol. The highest BCUT2D eigenvalue weighted by molar-refractivity contribution is 9.10. The zero-order valence-electron chi connectivity index (χ0n) is 13.4. The molecule has 1 unspecified atom stereocenters. The quantitative estimate of drug-likeness (QED) is 0.571. The minimum atomic E-state index is -0.0494. The van der Waals surface area contributed by atoms with Crippen LogP contribution in [-0.2, 0) is 4.74 Å². The molecule has 2 aromatic rings. The molecule has 1 atom stereocenters. The van der Waals surface area contributed by atoms with E-state index in [-0.39, 0.29) is 6.10 Å². The topological polar surface area (TPSA) is 64.4 Å². The van der Waals surface area contributed by atoms with Crippen molar-refractivity contribution in [3.63, 3.8) is 0 Å². The molecule has 128 valence electrons. The number of hydrogen-bond acceptors (Lipinski definition) is 5. The van der Waals surface area contributed by atoms with Crippen LogP contribution in [0.15, 0.2) is 27.8 Å². The van der Waals surface area contributed by atoms with E-state index in [9.17, 15) is 0 Å². The lowest BCUT2D eigenvalue weighted by Crippen LogP contribution is -2.05. The van der Waals surface area contributed by atoms with Gasteiger partial charge in [0.2, 0.25) is 4.77 Å². The Morgan fingerprint density at radius 3 is 3.17 bits per heavy atom. The predicted molar refractivity (Wildman–Crippen MR) is 98.3 cm³/mol. The molecule has 0 radical (unpaired) electrons. The second-order valence-electron chi connectivity index (χ2n) is 5.48. The maximum atomic E-state index is 5.67. The fourth-order valence-corrected chi connectivity index (χ4v) is 3.15. The van der Waals surface area contributed by atoms with Crippen LogP contribution in [-0.4, -0.2) is 34.3 Å². The highest BCUT2D eigenvalue weighted by Gasteiger charge is 2.23. The van der Waals surface area contributed by atoms with Crippen LogP contribution in [0.3, 0.4) is 0 Å². The number of aromatic amines is 1. The summed E-state index contributed by atoms with van der Waals surface area (Å²) in [5.74, 6) is 1.55. The second kappa shape index (κ2) is 8.04. The largest absolute Gasteiger partial charge is 0.492 e. The number of benzene rings is 1. The van der Waals surface area contributed by atoms with Crippen LogP contribution in [0.1, 0.15) is 43.7 Å². The summed E-state index contributed by atoms with van der Waals surface area (Å²) in [5, 5.41) is 11.5. The zero-order valence-corrected chi connectivity index (χ0v) is 15.8. The van der Waals surface area contributed by atoms with Crippen molar-refractivity contribution in [1.29, 1.82) is 0 Å². The molecule has 0 amide bonds. The summed E-state index contributed by atoms with van der Waals surface area (Å²) in [5.41, 5.74) is 0.937. The molecule has 0 bridgehead atoms. The average Bonchev–Trinajstić information content (AvgIpc) is 3.21. The molecule has 0 saturated carbocycles. The maximum absolute atomic E-state index is 5.67. The number of halogens is 1. The molecule has 1 aliphatic heterocycles. The van der Waals surface area contributed by atoms with Crippen molar-refractivity contribution < 1.29 is 9.47 Å². The van der Waals surface area contributed by atoms with Gasteiger partial charge in [-0.1, -0.05) is 6.92 Å². The fourth-order valence-electron chi connectivity index (χ4n) is 2.46. The van der Waals surface area contributed by atoms with Gasteiger partial charge in [0.05, 0.1) is 17.3 Å². The Bertz CT molecular complexity index is 781. The first-order valence-corrected chi connectivity index (χ1v) is 9.14. The molecule has 1 fully saturated rings. The third-order valence-electron chi connectivity index (χ3n) is 3.63. The van der Waals surface area contributed by atoms with Crippen LogP contribution < -0.4 is 4.74 Å². The summed E-state index contributed by atoms with van der Waals surface area (Å²) in [7, 11) is 0. The Kier molecular flexibility index (Phi) is 5.80. The highest BCUT2D eigenvalue weighted by Crippen LogP contribution is 2.27. The normalized spacial score (nSPS) is 17.7. The lowest BCUT2D eigenvalue weighted by atomic mass is 10.2. The maximum Gasteiger partial charge on any atom is 0.216 e. The molecule has 1 aromatic heterocycles. The van der Waals surface area contributed by atoms with E-state index in [1.807, 2.05) is 18.2 Å². The lowest BCUT2D eigenvalue weighted by Gasteiger charge is -2.08. The first-order chi connectivity index (χ1) is 11.7. The second-order valence-corrected chi connectivity index (χ2v) is 6.72. The van der Waals surface area contributed by atoms with E-state index in [4.69, 9.17) is 21.7 Å². The Morgan fingerprint density at radius 1 is 1.58 bits per heavy atom. The van der Waals surface area contributed by atoms with Crippen molar-refractivity contribution in [3.8, 4) is 5.75 Å². The number of aromatic nitrogens is 3. The van der Waals surface area contributed by atoms with Gasteiger partial charge in [0.1, 0.15) is 11.9 Å². The van der Waals surface area contributed by atoms with Gasteiger partial charge in [-0.25, -0.2) is 0 Å². The van der Waals surface area contributed by atoms with Gasteiger partial charge in [0.25, 0.3) is 0 Å². The Hall–Kier alpha value is -1.51. The number of rotatable bonds is 6. The number of ether oxygens (including phenoxy) is 2. The molecule has 24 heavy (non-hydrogen) atoms. The summed E-state index contributed by atoms with van der Waals surface area (Å²) in [6, 6.07) is 5.84. The van der Waals surface area contributed by atoms with Crippen molar-refractivity contribution in [2.75, 3.05) is 13.2 Å². The molecule has 8 heteroatoms. The van der Waals surface area contributed by atoms with E-state index in [2.05, 4.69) is 38.2 Å². The van der Waals surface area contributed by atoms with Crippen LogP contribution in [0.2, 0.25) is 0 Å². The monoisotopic (exact) mass is 410 g/mol. The number of nitrogens with zero attached hydrogens (tertiary/aromatic N) is 3. The summed E-state index contributed by atoms with van der Waals surface area (Å²) >= 11 is 8.79. The van der Waals surface area contributed by atoms with Gasteiger partial charge in [-0.3, -0.25) is 5.10 Å². The SMILES string of the molecule is CCCOc1ccc(/C=N\n2c(C3CCCO3)n[nH]c2=S)cc1Br. The third-order valence-corrected chi connectivity index (χ3v) is 4.52. The Labute approximate surface area is 154 Å². The van der Waals surface area contributed by atoms with Crippen molar-refractivity contribution >= 4 is 34.4 Å². The fraction of sp³-hybridized carbons (Fsp3) is 0.438. The summed E-state index contributed by atoms with van der Waals surface area (Å²) in [6.07, 6.45) is 4.63. The molecule has 1 aromatic carbocycles. The van der Waals surface area contributed by atoms with E-state index >= 15 is 0 Å². The predicted octanol–water partition coefficient (Wildman–Crippen LogP) is 4.23. The molecule has 2 heterocycles. The Balaban J connectivity index is 1.80. The average molecular weight is 411 g/mol. The van der Waals surface area contributed by atoms with E-state index in [0.717, 1.165) is 47.5 Å². The Morgan fingerprint density at radius 2 is 2.46 bits per heavy atom. The van der Waals surface area contributed by atoms with Crippen molar-refractivity contribution in [1.82, 2.24) is 14.9 Å². The highest BCUT2D eigenvalue weighted by atomic mass is 79.9. The summed E-state index contributed by atoms with van der Waals surface area (Å²) in [6.45, 7) is 3.52. The number of hydrogen-bond donors (Lipinski definition) is 1. The van der Waals surface area contributed by atoms with Gasteiger partial charge < -0.3 is 9.47 Å². The van der Waals surface area contributed by atoms with E-state index in [1.165, 1.54) is 0 Å². The lowest BCUT2D eigenvalue weighted by molar-refractivity contribution is 0.102. The van der Waals surface area contributed by atoms with Gasteiger partial charge in [-0.15, -0.1) is 0 Å². The van der Waals surface area contributed by atoms with Crippen LogP contribution in [0.4, 0.5) is 0 Å². The van der Waals surface area contributed by atoms with Gasteiger partial charge in [-0.05, 0) is 71.2 Å². The molecule has 1 N–H and O–H groups in total. The first-order valence-electron chi connectivity index (χ1n) is 7.94. The minimum absolute atomic E-state index is 0.0494. The number of nitrogens with one attached hydrogen (secondary N) is 1. The molecule has 1 aliphatic rings. The smallest absolute Gasteiger partial charge is 0.216 e. The molecule has 0 aliphatic carbocycles. The molecule has 1 saturated heterocycles. The van der Waals surface area contributed by atoms with Gasteiger partial charge >= 0.3 is 0 Å². The van der Waals surface area contributed by atoms with Crippen LogP contribution >= 0.6 is 28.1 Å². The molecular formula is C16H19BrN4O2S. The van der Waals surface area contributed by atoms with Gasteiger partial charge in [0, 0.05) is 6.61 Å². The minimum Gasteiger partial charge on any atom is -0.492 e. The van der Waals surface area contributed by atoms with Crippen LogP contribution in [0.5, 0.6) is 5.75 Å². The van der Waals surface area contributed by atoms with Crippen molar-refractivity contribution in [3.05, 3.63) is 38.8 Å². The van der Waals surface area contributed by atoms with Gasteiger partial charge in [-0.2, -0.15) is 14.9 Å². The molecule has 3 rings (SSSR count). The summed E-state index contributed by atoms with van der Waals surface area (Å²) < 4.78 is 14.3. The van der Waals surface area contributed by atoms with E-state index in [1.54, 1.807) is 10.9 Å². The standard InChI is InChI=1S/C16H19BrN4O2S/c1-2-7-22-13-6-5-11(9-12(13)17)10-18-21-15(19-20-16(21)24)14-4-3-8-23-14/h5-6,9-10,14H,2-4,7-8H2,1H3,(H,20,24)/b18-10-. The summed E-state index contributed by atoms with van der Waals surface area (Å²) in [4.78, 5) is 0. The number of H-pyrrole nitrogens is 1. The van der Waals surface area contributed by atoms with Crippen molar-refractivity contribution in [2.24, 2.45) is 5.10 Å². The van der Waals surface area contributed by atoms with Crippen LogP contribution in [0.25, 0.3) is 0 Å². The molecule has 0 spiro atoms. The van der Waals surface area contributed by atoms with E-state index in [0.29, 0.717) is 11.4 Å². The zero-order chi connectivity index (χ0) is 16.9.